The highest BCUT2D eigenvalue weighted by atomic mass is 16.3. The van der Waals surface area contributed by atoms with Crippen molar-refractivity contribution in [1.82, 2.24) is 9.55 Å². The summed E-state index contributed by atoms with van der Waals surface area (Å²) in [5, 5.41) is 9.81. The van der Waals surface area contributed by atoms with E-state index in [2.05, 4.69) is 4.98 Å². The predicted octanol–water partition coefficient (Wildman–Crippen LogP) is 0.851. The fraction of sp³-hybridized carbons (Fsp3) is 0.636. The Bertz CT molecular complexity index is 471. The summed E-state index contributed by atoms with van der Waals surface area (Å²) in [6.45, 7) is 6.17. The van der Waals surface area contributed by atoms with Gasteiger partial charge in [0.2, 0.25) is 5.88 Å². The van der Waals surface area contributed by atoms with E-state index in [1.807, 2.05) is 13.8 Å². The molecule has 1 heterocycles. The lowest BCUT2D eigenvalue weighted by molar-refractivity contribution is 0.395. The van der Waals surface area contributed by atoms with Gasteiger partial charge in [-0.1, -0.05) is 13.8 Å². The number of rotatable bonds is 4. The fourth-order valence-electron chi connectivity index (χ4n) is 1.55. The van der Waals surface area contributed by atoms with E-state index in [0.29, 0.717) is 24.4 Å². The molecule has 0 fully saturated rings. The summed E-state index contributed by atoms with van der Waals surface area (Å²) < 4.78 is 1.16. The van der Waals surface area contributed by atoms with Crippen molar-refractivity contribution >= 4 is 0 Å². The number of nitrogens with zero attached hydrogens (tertiary/aromatic N) is 1. The molecule has 1 aromatic rings. The number of H-pyrrole nitrogens is 1. The maximum atomic E-state index is 11.5. The van der Waals surface area contributed by atoms with E-state index in [4.69, 9.17) is 0 Å². The van der Waals surface area contributed by atoms with Crippen LogP contribution in [-0.2, 0) is 13.0 Å². The van der Waals surface area contributed by atoms with E-state index < -0.39 is 11.2 Å². The Kier molecular flexibility index (Phi) is 3.93. The molecule has 0 radical (unpaired) electrons. The van der Waals surface area contributed by atoms with Gasteiger partial charge in [0.1, 0.15) is 0 Å². The molecule has 90 valence electrons. The Morgan fingerprint density at radius 3 is 2.50 bits per heavy atom. The van der Waals surface area contributed by atoms with E-state index in [1.165, 1.54) is 0 Å². The van der Waals surface area contributed by atoms with Crippen LogP contribution in [0.1, 0.15) is 32.8 Å². The second-order valence-electron chi connectivity index (χ2n) is 4.24. The Morgan fingerprint density at radius 1 is 1.38 bits per heavy atom. The largest absolute Gasteiger partial charge is 0.494 e. The van der Waals surface area contributed by atoms with Gasteiger partial charge in [0.05, 0.1) is 5.56 Å². The monoisotopic (exact) mass is 226 g/mol. The first-order chi connectivity index (χ1) is 7.47. The third-order valence-electron chi connectivity index (χ3n) is 2.55. The highest BCUT2D eigenvalue weighted by Crippen LogP contribution is 2.14. The van der Waals surface area contributed by atoms with Crippen LogP contribution in [0.4, 0.5) is 0 Å². The second-order valence-corrected chi connectivity index (χ2v) is 4.24. The van der Waals surface area contributed by atoms with E-state index in [-0.39, 0.29) is 5.88 Å². The Morgan fingerprint density at radius 2 is 2.00 bits per heavy atom. The van der Waals surface area contributed by atoms with Gasteiger partial charge in [0.15, 0.2) is 0 Å². The molecule has 0 saturated heterocycles. The van der Waals surface area contributed by atoms with E-state index in [9.17, 15) is 14.7 Å². The molecule has 0 aromatic carbocycles. The van der Waals surface area contributed by atoms with Crippen molar-refractivity contribution in [2.45, 2.75) is 40.2 Å². The van der Waals surface area contributed by atoms with Gasteiger partial charge in [0, 0.05) is 6.54 Å². The van der Waals surface area contributed by atoms with Gasteiger partial charge in [-0.15, -0.1) is 0 Å². The third kappa shape index (κ3) is 2.53. The molecular weight excluding hydrogens is 208 g/mol. The van der Waals surface area contributed by atoms with Crippen LogP contribution in [0.5, 0.6) is 5.88 Å². The van der Waals surface area contributed by atoms with Gasteiger partial charge in [-0.05, 0) is 25.7 Å². The number of hydrogen-bond acceptors (Lipinski definition) is 3. The van der Waals surface area contributed by atoms with E-state index in [1.54, 1.807) is 6.92 Å². The maximum absolute atomic E-state index is 11.5. The van der Waals surface area contributed by atoms with Crippen LogP contribution >= 0.6 is 0 Å². The molecule has 0 unspecified atom stereocenters. The normalized spacial score (nSPS) is 11.0. The molecule has 0 amide bonds. The van der Waals surface area contributed by atoms with Crippen LogP contribution in [0.3, 0.4) is 0 Å². The molecule has 0 spiro atoms. The minimum Gasteiger partial charge on any atom is -0.494 e. The minimum atomic E-state index is -0.557. The molecule has 0 saturated carbocycles. The molecule has 0 aliphatic carbocycles. The first-order valence-corrected chi connectivity index (χ1v) is 5.52. The minimum absolute atomic E-state index is 0.197. The predicted molar refractivity (Wildman–Crippen MR) is 61.8 cm³/mol. The first-order valence-electron chi connectivity index (χ1n) is 5.52. The zero-order valence-corrected chi connectivity index (χ0v) is 9.91. The molecule has 2 N–H and O–H groups in total. The summed E-state index contributed by atoms with van der Waals surface area (Å²) in [6.07, 6.45) is 1.29. The highest BCUT2D eigenvalue weighted by Gasteiger charge is 2.13. The number of aromatic nitrogens is 2. The maximum Gasteiger partial charge on any atom is 0.331 e. The molecule has 1 rings (SSSR count). The SMILES string of the molecule is CCn1c(O)c(CCC(C)C)c(=O)[nH]c1=O. The van der Waals surface area contributed by atoms with E-state index >= 15 is 0 Å². The van der Waals surface area contributed by atoms with Crippen molar-refractivity contribution in [3.8, 4) is 5.88 Å². The number of nitrogens with one attached hydrogen (secondary N) is 1. The van der Waals surface area contributed by atoms with E-state index in [0.717, 1.165) is 11.0 Å². The fourth-order valence-corrected chi connectivity index (χ4v) is 1.55. The average molecular weight is 226 g/mol. The van der Waals surface area contributed by atoms with Crippen LogP contribution in [0.15, 0.2) is 9.59 Å². The van der Waals surface area contributed by atoms with Crippen molar-refractivity contribution in [2.24, 2.45) is 5.92 Å². The summed E-state index contributed by atoms with van der Waals surface area (Å²) in [4.78, 5) is 25.1. The summed E-state index contributed by atoms with van der Waals surface area (Å²) in [5.41, 5.74) is -0.735. The van der Waals surface area contributed by atoms with Gasteiger partial charge >= 0.3 is 5.69 Å². The lowest BCUT2D eigenvalue weighted by Gasteiger charge is -2.10. The number of hydrogen-bond donors (Lipinski definition) is 2. The molecule has 5 heteroatoms. The van der Waals surface area contributed by atoms with Crippen molar-refractivity contribution in [2.75, 3.05) is 0 Å². The van der Waals surface area contributed by atoms with Crippen molar-refractivity contribution in [3.05, 3.63) is 26.4 Å². The van der Waals surface area contributed by atoms with Crippen LogP contribution in [0, 0.1) is 5.92 Å². The van der Waals surface area contributed by atoms with Gasteiger partial charge in [0.25, 0.3) is 5.56 Å². The third-order valence-corrected chi connectivity index (χ3v) is 2.55. The molecule has 16 heavy (non-hydrogen) atoms. The van der Waals surface area contributed by atoms with Gasteiger partial charge < -0.3 is 5.11 Å². The van der Waals surface area contributed by atoms with Crippen molar-refractivity contribution < 1.29 is 5.11 Å². The number of aromatic hydroxyl groups is 1. The number of aromatic amines is 1. The molecule has 0 aliphatic heterocycles. The topological polar surface area (TPSA) is 75.1 Å². The van der Waals surface area contributed by atoms with Crippen molar-refractivity contribution in [3.63, 3.8) is 0 Å². The standard InChI is InChI=1S/C11H18N2O3/c1-4-13-10(15)8(6-5-7(2)3)9(14)12-11(13)16/h7,15H,4-6H2,1-3H3,(H,12,14,16). The molecule has 0 aliphatic rings. The molecular formula is C11H18N2O3. The zero-order chi connectivity index (χ0) is 12.3. The van der Waals surface area contributed by atoms with Crippen molar-refractivity contribution in [1.29, 1.82) is 0 Å². The van der Waals surface area contributed by atoms with Crippen LogP contribution in [0.25, 0.3) is 0 Å². The summed E-state index contributed by atoms with van der Waals surface area (Å²) in [7, 11) is 0. The molecule has 0 atom stereocenters. The quantitative estimate of drug-likeness (QED) is 0.799. The Hall–Kier alpha value is -1.52. The zero-order valence-electron chi connectivity index (χ0n) is 9.91. The first kappa shape index (κ1) is 12.5. The van der Waals surface area contributed by atoms with Gasteiger partial charge in [-0.2, -0.15) is 0 Å². The van der Waals surface area contributed by atoms with Gasteiger partial charge in [-0.25, -0.2) is 4.79 Å². The lowest BCUT2D eigenvalue weighted by Crippen LogP contribution is -2.32. The molecule has 5 nitrogen and oxygen atoms in total. The average Bonchev–Trinajstić information content (AvgIpc) is 2.16. The highest BCUT2D eigenvalue weighted by molar-refractivity contribution is 5.22. The molecule has 0 bridgehead atoms. The smallest absolute Gasteiger partial charge is 0.331 e. The van der Waals surface area contributed by atoms with Crippen LogP contribution in [0.2, 0.25) is 0 Å². The van der Waals surface area contributed by atoms with Gasteiger partial charge in [-0.3, -0.25) is 14.3 Å². The Balaban J connectivity index is 3.18. The summed E-state index contributed by atoms with van der Waals surface area (Å²) in [5.74, 6) is 0.248. The summed E-state index contributed by atoms with van der Waals surface area (Å²) in [6, 6.07) is 0. The second kappa shape index (κ2) is 5.01. The van der Waals surface area contributed by atoms with Crippen LogP contribution < -0.4 is 11.2 Å². The van der Waals surface area contributed by atoms with Crippen LogP contribution in [-0.4, -0.2) is 14.7 Å². The summed E-state index contributed by atoms with van der Waals surface area (Å²) >= 11 is 0. The molecule has 1 aromatic heterocycles. The Labute approximate surface area is 93.8 Å². The lowest BCUT2D eigenvalue weighted by atomic mass is 10.0.